The topological polar surface area (TPSA) is 52.9 Å². The maximum absolute atomic E-state index is 12.4. The van der Waals surface area contributed by atoms with Gasteiger partial charge < -0.3 is 5.32 Å². The molecule has 3 nitrogen and oxygen atoms in total. The van der Waals surface area contributed by atoms with E-state index in [4.69, 9.17) is 5.26 Å². The number of benzene rings is 1. The molecule has 0 bridgehead atoms. The standard InChI is InChI=1S/C9H5F3N2O/c10-9(11,12)8-3-7(14-5-15)2-1-6(8)4-13/h1-3,5H,(H,14,15). The highest BCUT2D eigenvalue weighted by molar-refractivity contribution is 5.72. The van der Waals surface area contributed by atoms with Gasteiger partial charge in [-0.15, -0.1) is 0 Å². The van der Waals surface area contributed by atoms with Crippen molar-refractivity contribution in [1.29, 1.82) is 5.26 Å². The van der Waals surface area contributed by atoms with Crippen LogP contribution in [0.15, 0.2) is 18.2 Å². The molecule has 0 unspecified atom stereocenters. The molecular formula is C9H5F3N2O. The van der Waals surface area contributed by atoms with Crippen molar-refractivity contribution in [1.82, 2.24) is 0 Å². The van der Waals surface area contributed by atoms with Gasteiger partial charge in [0.1, 0.15) is 0 Å². The van der Waals surface area contributed by atoms with E-state index in [0.717, 1.165) is 6.07 Å². The summed E-state index contributed by atoms with van der Waals surface area (Å²) < 4.78 is 37.2. The SMILES string of the molecule is N#Cc1ccc(NC=O)cc1C(F)(F)F. The van der Waals surface area contributed by atoms with E-state index in [1.807, 2.05) is 0 Å². The van der Waals surface area contributed by atoms with Gasteiger partial charge in [0.2, 0.25) is 6.41 Å². The second-order valence-electron chi connectivity index (χ2n) is 2.63. The first kappa shape index (κ1) is 11.0. The van der Waals surface area contributed by atoms with E-state index in [-0.39, 0.29) is 12.1 Å². The minimum Gasteiger partial charge on any atom is -0.329 e. The fourth-order valence-corrected chi connectivity index (χ4v) is 1.03. The van der Waals surface area contributed by atoms with Crippen LogP contribution in [0.1, 0.15) is 11.1 Å². The van der Waals surface area contributed by atoms with Gasteiger partial charge in [-0.25, -0.2) is 0 Å². The van der Waals surface area contributed by atoms with E-state index in [1.165, 1.54) is 12.1 Å². The molecule has 0 radical (unpaired) electrons. The van der Waals surface area contributed by atoms with Gasteiger partial charge in [0.15, 0.2) is 0 Å². The Morgan fingerprint density at radius 1 is 1.40 bits per heavy atom. The molecule has 0 fully saturated rings. The number of hydrogen-bond acceptors (Lipinski definition) is 2. The highest BCUT2D eigenvalue weighted by atomic mass is 19.4. The van der Waals surface area contributed by atoms with Crippen molar-refractivity contribution in [2.24, 2.45) is 0 Å². The van der Waals surface area contributed by atoms with Gasteiger partial charge >= 0.3 is 6.18 Å². The van der Waals surface area contributed by atoms with E-state index < -0.39 is 17.3 Å². The predicted octanol–water partition coefficient (Wildman–Crippen LogP) is 2.15. The zero-order valence-corrected chi connectivity index (χ0v) is 7.30. The van der Waals surface area contributed by atoms with E-state index in [2.05, 4.69) is 5.32 Å². The molecule has 0 aromatic heterocycles. The van der Waals surface area contributed by atoms with Gasteiger partial charge in [0.05, 0.1) is 17.2 Å². The summed E-state index contributed by atoms with van der Waals surface area (Å²) in [5, 5.41) is 10.5. The summed E-state index contributed by atoms with van der Waals surface area (Å²) in [5.74, 6) is 0. The number of alkyl halides is 3. The van der Waals surface area contributed by atoms with Gasteiger partial charge in [0.25, 0.3) is 0 Å². The zero-order valence-electron chi connectivity index (χ0n) is 7.30. The quantitative estimate of drug-likeness (QED) is 0.767. The Kier molecular flexibility index (Phi) is 2.95. The smallest absolute Gasteiger partial charge is 0.329 e. The summed E-state index contributed by atoms with van der Waals surface area (Å²) >= 11 is 0. The monoisotopic (exact) mass is 214 g/mol. The zero-order chi connectivity index (χ0) is 11.5. The van der Waals surface area contributed by atoms with Crippen LogP contribution in [0.4, 0.5) is 18.9 Å². The molecule has 0 aliphatic heterocycles. The summed E-state index contributed by atoms with van der Waals surface area (Å²) in [6.07, 6.45) is -4.34. The molecule has 0 aliphatic carbocycles. The third-order valence-corrected chi connectivity index (χ3v) is 1.67. The van der Waals surface area contributed by atoms with Crippen LogP contribution in [0.25, 0.3) is 0 Å². The molecule has 0 atom stereocenters. The number of carbonyl (C=O) groups excluding carboxylic acids is 1. The molecule has 1 amide bonds. The molecule has 0 heterocycles. The predicted molar refractivity (Wildman–Crippen MR) is 45.8 cm³/mol. The molecule has 1 N–H and O–H groups in total. The number of rotatable bonds is 2. The first-order chi connectivity index (χ1) is 6.99. The van der Waals surface area contributed by atoms with E-state index >= 15 is 0 Å². The first-order valence-corrected chi connectivity index (χ1v) is 3.80. The van der Waals surface area contributed by atoms with E-state index in [9.17, 15) is 18.0 Å². The first-order valence-electron chi connectivity index (χ1n) is 3.80. The van der Waals surface area contributed by atoms with Crippen LogP contribution in [-0.4, -0.2) is 6.41 Å². The van der Waals surface area contributed by atoms with Crippen molar-refractivity contribution in [3.8, 4) is 6.07 Å². The molecule has 15 heavy (non-hydrogen) atoms. The summed E-state index contributed by atoms with van der Waals surface area (Å²) in [4.78, 5) is 10.0. The Bertz CT molecular complexity index is 420. The Hall–Kier alpha value is -2.03. The van der Waals surface area contributed by atoms with Crippen LogP contribution in [0.5, 0.6) is 0 Å². The van der Waals surface area contributed by atoms with Crippen LogP contribution in [0.2, 0.25) is 0 Å². The van der Waals surface area contributed by atoms with Crippen molar-refractivity contribution in [2.75, 3.05) is 5.32 Å². The molecule has 1 aromatic carbocycles. The Morgan fingerprint density at radius 3 is 2.53 bits per heavy atom. The fraction of sp³-hybridized carbons (Fsp3) is 0.111. The molecule has 1 aromatic rings. The normalized spacial score (nSPS) is 10.5. The number of carbonyl (C=O) groups is 1. The van der Waals surface area contributed by atoms with Gasteiger partial charge in [-0.3, -0.25) is 4.79 Å². The molecule has 1 rings (SSSR count). The summed E-state index contributed by atoms with van der Waals surface area (Å²) in [7, 11) is 0. The number of nitrogens with one attached hydrogen (secondary N) is 1. The van der Waals surface area contributed by atoms with Crippen molar-refractivity contribution < 1.29 is 18.0 Å². The number of amides is 1. The number of nitrogens with zero attached hydrogens (tertiary/aromatic N) is 1. The maximum Gasteiger partial charge on any atom is 0.417 e. The molecular weight excluding hydrogens is 209 g/mol. The lowest BCUT2D eigenvalue weighted by atomic mass is 10.1. The van der Waals surface area contributed by atoms with Crippen LogP contribution in [-0.2, 0) is 11.0 Å². The van der Waals surface area contributed by atoms with Crippen molar-refractivity contribution in [2.45, 2.75) is 6.18 Å². The molecule has 6 heteroatoms. The summed E-state index contributed by atoms with van der Waals surface area (Å²) in [6.45, 7) is 0. The number of halogens is 3. The van der Waals surface area contributed by atoms with Crippen molar-refractivity contribution in [3.05, 3.63) is 29.3 Å². The second kappa shape index (κ2) is 4.00. The highest BCUT2D eigenvalue weighted by Crippen LogP contribution is 2.33. The number of hydrogen-bond donors (Lipinski definition) is 1. The molecule has 0 saturated carbocycles. The number of anilines is 1. The Labute approximate surface area is 83.1 Å². The lowest BCUT2D eigenvalue weighted by Crippen LogP contribution is -2.08. The lowest BCUT2D eigenvalue weighted by Gasteiger charge is -2.09. The van der Waals surface area contributed by atoms with E-state index in [1.54, 1.807) is 0 Å². The molecule has 0 aliphatic rings. The average molecular weight is 214 g/mol. The summed E-state index contributed by atoms with van der Waals surface area (Å²) in [5.41, 5.74) is -1.54. The average Bonchev–Trinajstić information content (AvgIpc) is 2.17. The Balaban J connectivity index is 3.27. The Morgan fingerprint density at radius 2 is 2.07 bits per heavy atom. The van der Waals surface area contributed by atoms with E-state index in [0.29, 0.717) is 6.07 Å². The third-order valence-electron chi connectivity index (χ3n) is 1.67. The molecule has 0 saturated heterocycles. The largest absolute Gasteiger partial charge is 0.417 e. The van der Waals surface area contributed by atoms with Crippen LogP contribution in [0, 0.1) is 11.3 Å². The van der Waals surface area contributed by atoms with Gasteiger partial charge in [-0.2, -0.15) is 18.4 Å². The van der Waals surface area contributed by atoms with Crippen LogP contribution >= 0.6 is 0 Å². The van der Waals surface area contributed by atoms with Crippen molar-refractivity contribution in [3.63, 3.8) is 0 Å². The second-order valence-corrected chi connectivity index (χ2v) is 2.63. The van der Waals surface area contributed by atoms with Crippen molar-refractivity contribution >= 4 is 12.1 Å². The number of nitriles is 1. The van der Waals surface area contributed by atoms with Crippen LogP contribution < -0.4 is 5.32 Å². The summed E-state index contributed by atoms with van der Waals surface area (Å²) in [6, 6.07) is 4.38. The minimum atomic E-state index is -4.61. The molecule has 0 spiro atoms. The highest BCUT2D eigenvalue weighted by Gasteiger charge is 2.33. The van der Waals surface area contributed by atoms with Gasteiger partial charge in [-0.05, 0) is 18.2 Å². The van der Waals surface area contributed by atoms with Gasteiger partial charge in [0, 0.05) is 5.69 Å². The minimum absolute atomic E-state index is 0.00340. The lowest BCUT2D eigenvalue weighted by molar-refractivity contribution is -0.137. The third kappa shape index (κ3) is 2.47. The van der Waals surface area contributed by atoms with Crippen LogP contribution in [0.3, 0.4) is 0 Å². The molecule has 78 valence electrons. The maximum atomic E-state index is 12.4. The fourth-order valence-electron chi connectivity index (χ4n) is 1.03. The van der Waals surface area contributed by atoms with Gasteiger partial charge in [-0.1, -0.05) is 0 Å².